The molecule has 1 unspecified atom stereocenters. The van der Waals surface area contributed by atoms with Crippen molar-refractivity contribution >= 4 is 21.4 Å². The van der Waals surface area contributed by atoms with Crippen molar-refractivity contribution in [2.45, 2.75) is 29.2 Å². The number of carbonyl (C=O) groups is 1. The van der Waals surface area contributed by atoms with Crippen LogP contribution in [0.3, 0.4) is 0 Å². The van der Waals surface area contributed by atoms with Crippen molar-refractivity contribution in [2.75, 3.05) is 0 Å². The number of nitrogens with zero attached hydrogens (tertiary/aromatic N) is 1. The third kappa shape index (κ3) is 3.41. The Labute approximate surface area is 172 Å². The Balaban J connectivity index is 1.90. The number of hydrogen-bond donors (Lipinski definition) is 1. The molecule has 0 fully saturated rings. The fourth-order valence-corrected chi connectivity index (χ4v) is 5.26. The Morgan fingerprint density at radius 2 is 1.63 bits per heavy atom. The standard InChI is InChI=1S/C23H18FNO4S/c1-14-18(13-21(26)27)22-20(25-14)12-11-19(24)23(22)30(28,29)17-9-7-16(8-10-17)15-5-3-2-4-6-15/h2-12,14H,13H2,1H3,(H,26,27). The molecule has 1 aliphatic rings. The molecular formula is C23H18FNO4S. The number of benzene rings is 3. The van der Waals surface area contributed by atoms with Gasteiger partial charge in [0.15, 0.2) is 0 Å². The predicted molar refractivity (Wildman–Crippen MR) is 110 cm³/mol. The van der Waals surface area contributed by atoms with E-state index in [0.29, 0.717) is 5.36 Å². The maximum Gasteiger partial charge on any atom is 0.307 e. The normalized spacial score (nSPS) is 15.5. The van der Waals surface area contributed by atoms with Crippen LogP contribution in [0.5, 0.6) is 0 Å². The quantitative estimate of drug-likeness (QED) is 0.684. The Morgan fingerprint density at radius 3 is 2.27 bits per heavy atom. The first-order chi connectivity index (χ1) is 14.3. The van der Waals surface area contributed by atoms with Crippen LogP contribution in [0, 0.1) is 5.82 Å². The summed E-state index contributed by atoms with van der Waals surface area (Å²) in [6.07, 6.45) is -0.406. The van der Waals surface area contributed by atoms with Crippen molar-refractivity contribution in [3.05, 3.63) is 83.1 Å². The molecule has 1 heterocycles. The van der Waals surface area contributed by atoms with E-state index in [-0.39, 0.29) is 15.7 Å². The van der Waals surface area contributed by atoms with E-state index >= 15 is 0 Å². The van der Waals surface area contributed by atoms with Crippen LogP contribution in [0.25, 0.3) is 16.7 Å². The molecule has 152 valence electrons. The first-order valence-electron chi connectivity index (χ1n) is 9.31. The van der Waals surface area contributed by atoms with E-state index < -0.39 is 39.0 Å². The summed E-state index contributed by atoms with van der Waals surface area (Å²) < 4.78 is 41.5. The number of carboxylic acid groups (broad SMARTS) is 1. The Hall–Kier alpha value is -3.32. The zero-order chi connectivity index (χ0) is 21.5. The third-order valence-electron chi connectivity index (χ3n) is 5.13. The van der Waals surface area contributed by atoms with Crippen molar-refractivity contribution in [2.24, 2.45) is 4.99 Å². The molecule has 1 aliphatic heterocycles. The van der Waals surface area contributed by atoms with Gasteiger partial charge in [-0.25, -0.2) is 12.8 Å². The lowest BCUT2D eigenvalue weighted by Gasteiger charge is -2.10. The van der Waals surface area contributed by atoms with Gasteiger partial charge in [-0.1, -0.05) is 42.5 Å². The molecule has 3 aromatic carbocycles. The molecule has 30 heavy (non-hydrogen) atoms. The molecule has 0 saturated carbocycles. The van der Waals surface area contributed by atoms with Crippen LogP contribution in [0.1, 0.15) is 13.3 Å². The summed E-state index contributed by atoms with van der Waals surface area (Å²) in [7, 11) is -4.23. The topological polar surface area (TPSA) is 83.8 Å². The molecule has 5 nitrogen and oxygen atoms in total. The number of hydrogen-bond acceptors (Lipinski definition) is 4. The average Bonchev–Trinajstić information content (AvgIpc) is 3.03. The van der Waals surface area contributed by atoms with Crippen molar-refractivity contribution in [3.8, 4) is 11.1 Å². The summed E-state index contributed by atoms with van der Waals surface area (Å²) in [4.78, 5) is 15.0. The van der Waals surface area contributed by atoms with Crippen molar-refractivity contribution in [1.29, 1.82) is 0 Å². The van der Waals surface area contributed by atoms with Gasteiger partial charge < -0.3 is 5.11 Å². The summed E-state index contributed by atoms with van der Waals surface area (Å²) in [6, 6.07) is 17.6. The highest BCUT2D eigenvalue weighted by Crippen LogP contribution is 2.26. The zero-order valence-corrected chi connectivity index (χ0v) is 16.9. The summed E-state index contributed by atoms with van der Waals surface area (Å²) in [5, 5.41) is 9.59. The van der Waals surface area contributed by atoms with E-state index in [9.17, 15) is 22.7 Å². The highest BCUT2D eigenvalue weighted by atomic mass is 32.2. The van der Waals surface area contributed by atoms with Crippen LogP contribution in [0.4, 0.5) is 4.39 Å². The highest BCUT2D eigenvalue weighted by molar-refractivity contribution is 7.91. The molecule has 1 N–H and O–H groups in total. The Morgan fingerprint density at radius 1 is 1.00 bits per heavy atom. The number of halogens is 1. The summed E-state index contributed by atoms with van der Waals surface area (Å²) in [5.74, 6) is -2.05. The van der Waals surface area contributed by atoms with Gasteiger partial charge in [0, 0.05) is 5.22 Å². The van der Waals surface area contributed by atoms with Crippen molar-refractivity contribution < 1.29 is 22.7 Å². The molecule has 0 amide bonds. The molecule has 0 saturated heterocycles. The van der Waals surface area contributed by atoms with Gasteiger partial charge in [-0.2, -0.15) is 0 Å². The molecule has 0 bridgehead atoms. The summed E-state index contributed by atoms with van der Waals surface area (Å²) in [5.41, 5.74) is 2.05. The maximum absolute atomic E-state index is 14.8. The lowest BCUT2D eigenvalue weighted by atomic mass is 10.0. The van der Waals surface area contributed by atoms with Crippen LogP contribution in [0.15, 0.2) is 81.5 Å². The minimum Gasteiger partial charge on any atom is -0.481 e. The zero-order valence-electron chi connectivity index (χ0n) is 16.0. The van der Waals surface area contributed by atoms with E-state index in [1.807, 2.05) is 30.3 Å². The smallest absolute Gasteiger partial charge is 0.307 e. The van der Waals surface area contributed by atoms with E-state index in [4.69, 9.17) is 0 Å². The Bertz CT molecular complexity index is 1370. The predicted octanol–water partition coefficient (Wildman–Crippen LogP) is 2.97. The average molecular weight is 423 g/mol. The van der Waals surface area contributed by atoms with E-state index in [1.54, 1.807) is 19.1 Å². The Kier molecular flexibility index (Phi) is 4.99. The number of sulfone groups is 1. The van der Waals surface area contributed by atoms with E-state index in [1.165, 1.54) is 18.2 Å². The number of carboxylic acids is 1. The second-order valence-corrected chi connectivity index (χ2v) is 8.95. The van der Waals surface area contributed by atoms with Crippen LogP contribution < -0.4 is 10.6 Å². The van der Waals surface area contributed by atoms with Crippen LogP contribution in [0.2, 0.25) is 0 Å². The molecule has 1 atom stereocenters. The number of rotatable bonds is 5. The molecule has 7 heteroatoms. The second kappa shape index (κ2) is 7.50. The number of fused-ring (bicyclic) bond motifs is 1. The largest absolute Gasteiger partial charge is 0.481 e. The monoisotopic (exact) mass is 423 g/mol. The molecule has 3 aromatic rings. The van der Waals surface area contributed by atoms with Gasteiger partial charge >= 0.3 is 5.97 Å². The van der Waals surface area contributed by atoms with Crippen LogP contribution in [-0.4, -0.2) is 25.5 Å². The lowest BCUT2D eigenvalue weighted by Crippen LogP contribution is -2.32. The van der Waals surface area contributed by atoms with Gasteiger partial charge in [0.05, 0.1) is 22.7 Å². The van der Waals surface area contributed by atoms with Crippen molar-refractivity contribution in [1.82, 2.24) is 0 Å². The van der Waals surface area contributed by atoms with E-state index in [2.05, 4.69) is 4.99 Å². The molecule has 0 radical (unpaired) electrons. The van der Waals surface area contributed by atoms with Crippen LogP contribution in [-0.2, 0) is 14.6 Å². The summed E-state index contributed by atoms with van der Waals surface area (Å²) >= 11 is 0. The molecule has 4 rings (SSSR count). The molecule has 0 aliphatic carbocycles. The summed E-state index contributed by atoms with van der Waals surface area (Å²) in [6.45, 7) is 1.67. The van der Waals surface area contributed by atoms with E-state index in [0.717, 1.165) is 17.2 Å². The number of aliphatic carboxylic acids is 1. The fourth-order valence-electron chi connectivity index (χ4n) is 3.70. The first-order valence-corrected chi connectivity index (χ1v) is 10.8. The SMILES string of the molecule is CC1N=c2ccc(F)c(S(=O)(=O)c3ccc(-c4ccccc4)cc3)c2=C1CC(=O)O. The van der Waals surface area contributed by atoms with Gasteiger partial charge in [0.2, 0.25) is 9.84 Å². The molecule has 0 spiro atoms. The first kappa shape index (κ1) is 20.0. The molecular weight excluding hydrogens is 405 g/mol. The highest BCUT2D eigenvalue weighted by Gasteiger charge is 2.29. The fraction of sp³-hybridized carbons (Fsp3) is 0.130. The van der Waals surface area contributed by atoms with Gasteiger partial charge in [0.1, 0.15) is 10.7 Å². The van der Waals surface area contributed by atoms with Crippen molar-refractivity contribution in [3.63, 3.8) is 0 Å². The maximum atomic E-state index is 14.8. The van der Waals surface area contributed by atoms with Gasteiger partial charge in [-0.05, 0) is 47.9 Å². The molecule has 0 aromatic heterocycles. The second-order valence-electron chi connectivity index (χ2n) is 7.07. The minimum atomic E-state index is -4.23. The third-order valence-corrected chi connectivity index (χ3v) is 6.96. The van der Waals surface area contributed by atoms with Crippen LogP contribution >= 0.6 is 0 Å². The van der Waals surface area contributed by atoms with Gasteiger partial charge in [-0.15, -0.1) is 0 Å². The lowest BCUT2D eigenvalue weighted by molar-refractivity contribution is -0.135. The van der Waals surface area contributed by atoms with Gasteiger partial charge in [-0.3, -0.25) is 9.79 Å². The minimum absolute atomic E-state index is 0.0660. The van der Waals surface area contributed by atoms with Gasteiger partial charge in [0.25, 0.3) is 0 Å².